The van der Waals surface area contributed by atoms with Gasteiger partial charge in [-0.2, -0.15) is 0 Å². The number of rotatable bonds is 7. The summed E-state index contributed by atoms with van der Waals surface area (Å²) in [6.07, 6.45) is 9.52. The molecule has 0 unspecified atom stereocenters. The standard InChI is InChI=1S/C20H35N3OS/c1-19(2,15-10-8-6-7-9-11-15)14-20(3,4)23-17(24)12-16-13-25-18(21-5)22-16/h13,15H,6-12,14H2,1-5H3,(H,21,22)(H,23,24). The molecule has 1 heterocycles. The molecule has 4 nitrogen and oxygen atoms in total. The first-order chi connectivity index (χ1) is 11.7. The van der Waals surface area contributed by atoms with Crippen LogP contribution in [0.25, 0.3) is 0 Å². The summed E-state index contributed by atoms with van der Waals surface area (Å²) < 4.78 is 0. The molecule has 1 aliphatic carbocycles. The Balaban J connectivity index is 1.91. The van der Waals surface area contributed by atoms with Gasteiger partial charge in [0.25, 0.3) is 0 Å². The predicted octanol–water partition coefficient (Wildman–Crippen LogP) is 5.01. The van der Waals surface area contributed by atoms with Gasteiger partial charge in [-0.15, -0.1) is 11.3 Å². The third-order valence-corrected chi connectivity index (χ3v) is 6.35. The zero-order chi connectivity index (χ0) is 18.5. The molecule has 0 atom stereocenters. The van der Waals surface area contributed by atoms with Crippen LogP contribution in [0.15, 0.2) is 5.38 Å². The first-order valence-electron chi connectivity index (χ1n) is 9.65. The van der Waals surface area contributed by atoms with E-state index in [1.807, 2.05) is 12.4 Å². The van der Waals surface area contributed by atoms with Crippen molar-refractivity contribution < 1.29 is 4.79 Å². The summed E-state index contributed by atoms with van der Waals surface area (Å²) in [4.78, 5) is 16.9. The van der Waals surface area contributed by atoms with E-state index in [0.29, 0.717) is 6.42 Å². The molecule has 0 aromatic carbocycles. The normalized spacial score (nSPS) is 17.2. The van der Waals surface area contributed by atoms with Crippen molar-refractivity contribution in [3.8, 4) is 0 Å². The van der Waals surface area contributed by atoms with Gasteiger partial charge in [-0.25, -0.2) is 4.98 Å². The van der Waals surface area contributed by atoms with E-state index < -0.39 is 0 Å². The molecule has 1 fully saturated rings. The van der Waals surface area contributed by atoms with Gasteiger partial charge in [-0.3, -0.25) is 4.79 Å². The molecule has 1 aliphatic rings. The summed E-state index contributed by atoms with van der Waals surface area (Å²) in [6.45, 7) is 9.08. The van der Waals surface area contributed by atoms with Crippen LogP contribution in [-0.4, -0.2) is 23.5 Å². The monoisotopic (exact) mass is 365 g/mol. The lowest BCUT2D eigenvalue weighted by Gasteiger charge is -2.41. The van der Waals surface area contributed by atoms with Gasteiger partial charge in [0.1, 0.15) is 0 Å². The molecule has 0 saturated heterocycles. The highest BCUT2D eigenvalue weighted by molar-refractivity contribution is 7.13. The molecule has 5 heteroatoms. The minimum absolute atomic E-state index is 0.0645. The third kappa shape index (κ3) is 6.28. The van der Waals surface area contributed by atoms with Gasteiger partial charge in [0.2, 0.25) is 5.91 Å². The fourth-order valence-electron chi connectivity index (χ4n) is 4.48. The zero-order valence-electron chi connectivity index (χ0n) is 16.6. The Labute approximate surface area is 157 Å². The second kappa shape index (κ2) is 8.52. The minimum atomic E-state index is -0.200. The Morgan fingerprint density at radius 2 is 1.84 bits per heavy atom. The van der Waals surface area contributed by atoms with Gasteiger partial charge in [-0.05, 0) is 44.4 Å². The van der Waals surface area contributed by atoms with Crippen LogP contribution in [0.1, 0.15) is 78.3 Å². The summed E-state index contributed by atoms with van der Waals surface area (Å²) in [6, 6.07) is 0. The first-order valence-corrected chi connectivity index (χ1v) is 10.5. The van der Waals surface area contributed by atoms with Crippen LogP contribution in [0.2, 0.25) is 0 Å². The zero-order valence-corrected chi connectivity index (χ0v) is 17.4. The molecular formula is C20H35N3OS. The largest absolute Gasteiger partial charge is 0.365 e. The van der Waals surface area contributed by atoms with Crippen LogP contribution in [-0.2, 0) is 11.2 Å². The smallest absolute Gasteiger partial charge is 0.226 e. The third-order valence-electron chi connectivity index (χ3n) is 5.44. The van der Waals surface area contributed by atoms with Gasteiger partial charge >= 0.3 is 0 Å². The summed E-state index contributed by atoms with van der Waals surface area (Å²) in [5, 5.41) is 9.08. The lowest BCUT2D eigenvalue weighted by Crippen LogP contribution is -2.48. The SMILES string of the molecule is CNc1nc(CC(=O)NC(C)(C)CC(C)(C)C2CCCCCC2)cs1. The maximum atomic E-state index is 12.5. The van der Waals surface area contributed by atoms with Crippen LogP contribution >= 0.6 is 11.3 Å². The van der Waals surface area contributed by atoms with Crippen molar-refractivity contribution in [3.05, 3.63) is 11.1 Å². The molecule has 1 saturated carbocycles. The van der Waals surface area contributed by atoms with E-state index in [1.165, 1.54) is 49.9 Å². The molecule has 25 heavy (non-hydrogen) atoms. The number of hydrogen-bond donors (Lipinski definition) is 2. The molecule has 0 radical (unpaired) electrons. The number of amides is 1. The van der Waals surface area contributed by atoms with E-state index in [-0.39, 0.29) is 16.9 Å². The molecule has 1 aromatic rings. The number of aromatic nitrogens is 1. The van der Waals surface area contributed by atoms with Crippen molar-refractivity contribution in [2.75, 3.05) is 12.4 Å². The molecular weight excluding hydrogens is 330 g/mol. The maximum absolute atomic E-state index is 12.5. The van der Waals surface area contributed by atoms with Gasteiger partial charge in [0.15, 0.2) is 5.13 Å². The Morgan fingerprint density at radius 3 is 2.40 bits per heavy atom. The minimum Gasteiger partial charge on any atom is -0.365 e. The second-order valence-corrected chi connectivity index (χ2v) is 9.71. The number of nitrogens with one attached hydrogen (secondary N) is 2. The molecule has 0 aliphatic heterocycles. The van der Waals surface area contributed by atoms with Crippen molar-refractivity contribution in [1.29, 1.82) is 0 Å². The molecule has 0 spiro atoms. The van der Waals surface area contributed by atoms with Crippen LogP contribution in [0.5, 0.6) is 0 Å². The van der Waals surface area contributed by atoms with E-state index in [4.69, 9.17) is 0 Å². The van der Waals surface area contributed by atoms with E-state index in [2.05, 4.69) is 43.3 Å². The summed E-state index contributed by atoms with van der Waals surface area (Å²) in [5.74, 6) is 0.831. The molecule has 1 amide bonds. The van der Waals surface area contributed by atoms with Gasteiger partial charge in [-0.1, -0.05) is 39.5 Å². The van der Waals surface area contributed by atoms with Crippen molar-refractivity contribution in [2.45, 2.75) is 84.6 Å². The highest BCUT2D eigenvalue weighted by Crippen LogP contribution is 2.42. The number of nitrogens with zero attached hydrogens (tertiary/aromatic N) is 1. The van der Waals surface area contributed by atoms with Crippen molar-refractivity contribution in [2.24, 2.45) is 11.3 Å². The fraction of sp³-hybridized carbons (Fsp3) is 0.800. The highest BCUT2D eigenvalue weighted by atomic mass is 32.1. The van der Waals surface area contributed by atoms with Gasteiger partial charge < -0.3 is 10.6 Å². The summed E-state index contributed by atoms with van der Waals surface area (Å²) in [5.41, 5.74) is 0.890. The number of carbonyl (C=O) groups is 1. The van der Waals surface area contributed by atoms with Gasteiger partial charge in [0.05, 0.1) is 12.1 Å². The van der Waals surface area contributed by atoms with Crippen LogP contribution in [0, 0.1) is 11.3 Å². The van der Waals surface area contributed by atoms with E-state index in [1.54, 1.807) is 0 Å². The molecule has 2 rings (SSSR count). The Hall–Kier alpha value is -1.10. The van der Waals surface area contributed by atoms with Crippen LogP contribution < -0.4 is 10.6 Å². The van der Waals surface area contributed by atoms with Gasteiger partial charge in [0, 0.05) is 18.0 Å². The van der Waals surface area contributed by atoms with E-state index in [9.17, 15) is 4.79 Å². The number of hydrogen-bond acceptors (Lipinski definition) is 4. The highest BCUT2D eigenvalue weighted by Gasteiger charge is 2.36. The summed E-state index contributed by atoms with van der Waals surface area (Å²) >= 11 is 1.54. The Morgan fingerprint density at radius 1 is 1.20 bits per heavy atom. The average molecular weight is 366 g/mol. The number of carbonyl (C=O) groups excluding carboxylic acids is 1. The molecule has 1 aromatic heterocycles. The Bertz CT molecular complexity index is 557. The summed E-state index contributed by atoms with van der Waals surface area (Å²) in [7, 11) is 1.85. The van der Waals surface area contributed by atoms with E-state index in [0.717, 1.165) is 23.2 Å². The molecule has 0 bridgehead atoms. The molecule has 142 valence electrons. The van der Waals surface area contributed by atoms with E-state index >= 15 is 0 Å². The topological polar surface area (TPSA) is 54.0 Å². The predicted molar refractivity (Wildman–Crippen MR) is 107 cm³/mol. The van der Waals surface area contributed by atoms with Crippen molar-refractivity contribution >= 4 is 22.4 Å². The lowest BCUT2D eigenvalue weighted by molar-refractivity contribution is -0.122. The van der Waals surface area contributed by atoms with Crippen LogP contribution in [0.3, 0.4) is 0 Å². The van der Waals surface area contributed by atoms with Crippen molar-refractivity contribution in [3.63, 3.8) is 0 Å². The quantitative estimate of drug-likeness (QED) is 0.668. The molecule has 2 N–H and O–H groups in total. The van der Waals surface area contributed by atoms with Crippen LogP contribution in [0.4, 0.5) is 5.13 Å². The fourth-order valence-corrected chi connectivity index (χ4v) is 5.15. The number of thiazole rings is 1. The maximum Gasteiger partial charge on any atom is 0.226 e. The first kappa shape index (κ1) is 20.2. The lowest BCUT2D eigenvalue weighted by atomic mass is 9.68. The second-order valence-electron chi connectivity index (χ2n) is 8.86. The van der Waals surface area contributed by atoms with Crippen molar-refractivity contribution in [1.82, 2.24) is 10.3 Å². The number of anilines is 1. The average Bonchev–Trinajstić information content (AvgIpc) is 2.76. The Kier molecular flexibility index (Phi) is 6.89.